The molecule has 0 aromatic heterocycles. The smallest absolute Gasteiger partial charge is 0.165 e. The molecule has 0 aliphatic rings. The molecule has 0 aliphatic carbocycles. The average Bonchev–Trinajstić information content (AvgIpc) is 2.45. The lowest BCUT2D eigenvalue weighted by Crippen LogP contribution is -1.97. The van der Waals surface area contributed by atoms with E-state index >= 15 is 0 Å². The number of hydrogen-bond donors (Lipinski definition) is 0. The third kappa shape index (κ3) is 3.47. The van der Waals surface area contributed by atoms with Gasteiger partial charge in [-0.25, -0.2) is 4.39 Å². The van der Waals surface area contributed by atoms with Gasteiger partial charge in [0.2, 0.25) is 0 Å². The Bertz CT molecular complexity index is 552. The fourth-order valence-corrected chi connectivity index (χ4v) is 1.82. The van der Waals surface area contributed by atoms with E-state index in [1.54, 1.807) is 12.1 Å². The molecule has 0 unspecified atom stereocenters. The molecule has 0 spiro atoms. The third-order valence-electron chi connectivity index (χ3n) is 2.93. The minimum atomic E-state index is -0.370. The van der Waals surface area contributed by atoms with Crippen LogP contribution >= 0.6 is 0 Å². The minimum Gasteiger partial charge on any atom is -0.494 e. The first kappa shape index (κ1) is 13.4. The van der Waals surface area contributed by atoms with Crippen molar-refractivity contribution >= 4 is 0 Å². The molecule has 0 aliphatic heterocycles. The summed E-state index contributed by atoms with van der Waals surface area (Å²) in [6.45, 7) is 2.44. The van der Waals surface area contributed by atoms with Gasteiger partial charge in [0, 0.05) is 0 Å². The van der Waals surface area contributed by atoms with Crippen molar-refractivity contribution in [3.63, 3.8) is 0 Å². The summed E-state index contributed by atoms with van der Waals surface area (Å²) in [6.07, 6.45) is 0.967. The molecule has 0 saturated carbocycles. The van der Waals surface area contributed by atoms with Crippen LogP contribution in [-0.2, 0) is 13.0 Å². The second-order valence-corrected chi connectivity index (χ2v) is 4.26. The number of ether oxygens (including phenoxy) is 2. The average molecular weight is 260 g/mol. The van der Waals surface area contributed by atoms with Crippen molar-refractivity contribution in [3.8, 4) is 11.5 Å². The first-order chi connectivity index (χ1) is 9.22. The molecular formula is C16H17FO2. The van der Waals surface area contributed by atoms with E-state index in [1.165, 1.54) is 18.7 Å². The summed E-state index contributed by atoms with van der Waals surface area (Å²) in [7, 11) is 1.45. The van der Waals surface area contributed by atoms with Crippen molar-refractivity contribution in [2.45, 2.75) is 20.0 Å². The lowest BCUT2D eigenvalue weighted by molar-refractivity contribution is 0.304. The number of rotatable bonds is 5. The van der Waals surface area contributed by atoms with Gasteiger partial charge in [-0.2, -0.15) is 0 Å². The van der Waals surface area contributed by atoms with Gasteiger partial charge in [-0.1, -0.05) is 25.1 Å². The van der Waals surface area contributed by atoms with E-state index in [0.29, 0.717) is 6.61 Å². The van der Waals surface area contributed by atoms with Crippen LogP contribution in [0.2, 0.25) is 0 Å². The lowest BCUT2D eigenvalue weighted by atomic mass is 10.1. The number of halogens is 1. The molecule has 0 fully saturated rings. The molecule has 0 radical (unpaired) electrons. The summed E-state index contributed by atoms with van der Waals surface area (Å²) in [4.78, 5) is 0. The van der Waals surface area contributed by atoms with Gasteiger partial charge in [-0.3, -0.25) is 0 Å². The standard InChI is InChI=1S/C16H17FO2/c1-3-12-5-4-6-14(9-12)19-11-13-7-8-16(18-2)15(17)10-13/h4-10H,3,11H2,1-2H3. The second-order valence-electron chi connectivity index (χ2n) is 4.26. The maximum atomic E-state index is 13.5. The van der Waals surface area contributed by atoms with Crippen LogP contribution in [0.25, 0.3) is 0 Å². The summed E-state index contributed by atoms with van der Waals surface area (Å²) in [6, 6.07) is 12.8. The highest BCUT2D eigenvalue weighted by atomic mass is 19.1. The Hall–Kier alpha value is -2.03. The monoisotopic (exact) mass is 260 g/mol. The van der Waals surface area contributed by atoms with E-state index in [1.807, 2.05) is 18.2 Å². The molecule has 0 saturated heterocycles. The van der Waals surface area contributed by atoms with Crippen molar-refractivity contribution in [3.05, 3.63) is 59.4 Å². The molecule has 2 rings (SSSR count). The molecule has 2 nitrogen and oxygen atoms in total. The molecule has 0 bridgehead atoms. The van der Waals surface area contributed by atoms with Gasteiger partial charge in [-0.05, 0) is 41.8 Å². The van der Waals surface area contributed by atoms with Crippen LogP contribution in [0.15, 0.2) is 42.5 Å². The fourth-order valence-electron chi connectivity index (χ4n) is 1.82. The zero-order valence-electron chi connectivity index (χ0n) is 11.2. The molecule has 2 aromatic carbocycles. The topological polar surface area (TPSA) is 18.5 Å². The zero-order chi connectivity index (χ0) is 13.7. The van der Waals surface area contributed by atoms with Crippen LogP contribution in [0.4, 0.5) is 4.39 Å². The van der Waals surface area contributed by atoms with E-state index in [4.69, 9.17) is 9.47 Å². The second kappa shape index (κ2) is 6.23. The number of hydrogen-bond acceptors (Lipinski definition) is 2. The Labute approximate surface area is 112 Å². The van der Waals surface area contributed by atoms with Crippen LogP contribution in [0.1, 0.15) is 18.1 Å². The Morgan fingerprint density at radius 1 is 1.05 bits per heavy atom. The van der Waals surface area contributed by atoms with Crippen LogP contribution in [0, 0.1) is 5.82 Å². The van der Waals surface area contributed by atoms with Crippen molar-refractivity contribution in [2.24, 2.45) is 0 Å². The predicted octanol–water partition coefficient (Wildman–Crippen LogP) is 3.98. The SMILES string of the molecule is CCc1cccc(OCc2ccc(OC)c(F)c2)c1. The van der Waals surface area contributed by atoms with Crippen LogP contribution in [0.3, 0.4) is 0 Å². The molecule has 100 valence electrons. The lowest BCUT2D eigenvalue weighted by Gasteiger charge is -2.09. The molecule has 0 amide bonds. The van der Waals surface area contributed by atoms with Gasteiger partial charge in [-0.15, -0.1) is 0 Å². The first-order valence-corrected chi connectivity index (χ1v) is 6.27. The molecule has 2 aromatic rings. The molecule has 0 heterocycles. The summed E-state index contributed by atoms with van der Waals surface area (Å²) in [5, 5.41) is 0. The quantitative estimate of drug-likeness (QED) is 0.809. The zero-order valence-corrected chi connectivity index (χ0v) is 11.2. The Morgan fingerprint density at radius 2 is 1.89 bits per heavy atom. The Balaban J connectivity index is 2.03. The fraction of sp³-hybridized carbons (Fsp3) is 0.250. The van der Waals surface area contributed by atoms with E-state index < -0.39 is 0 Å². The maximum absolute atomic E-state index is 13.5. The van der Waals surface area contributed by atoms with Crippen molar-refractivity contribution in [2.75, 3.05) is 7.11 Å². The highest BCUT2D eigenvalue weighted by molar-refractivity contribution is 5.31. The van der Waals surface area contributed by atoms with Gasteiger partial charge in [0.25, 0.3) is 0 Å². The maximum Gasteiger partial charge on any atom is 0.165 e. The van der Waals surface area contributed by atoms with Crippen LogP contribution in [-0.4, -0.2) is 7.11 Å². The van der Waals surface area contributed by atoms with E-state index in [-0.39, 0.29) is 11.6 Å². The highest BCUT2D eigenvalue weighted by Gasteiger charge is 2.04. The molecular weight excluding hydrogens is 243 g/mol. The minimum absolute atomic E-state index is 0.247. The molecule has 19 heavy (non-hydrogen) atoms. The van der Waals surface area contributed by atoms with Gasteiger partial charge in [0.15, 0.2) is 11.6 Å². The Kier molecular flexibility index (Phi) is 4.39. The number of benzene rings is 2. The summed E-state index contributed by atoms with van der Waals surface area (Å²) in [5.41, 5.74) is 2.00. The molecule has 0 N–H and O–H groups in total. The van der Waals surface area contributed by atoms with Crippen molar-refractivity contribution in [1.82, 2.24) is 0 Å². The van der Waals surface area contributed by atoms with E-state index in [9.17, 15) is 4.39 Å². The number of aryl methyl sites for hydroxylation is 1. The van der Waals surface area contributed by atoms with Crippen LogP contribution < -0.4 is 9.47 Å². The number of methoxy groups -OCH3 is 1. The summed E-state index contributed by atoms with van der Waals surface area (Å²) < 4.78 is 24.0. The van der Waals surface area contributed by atoms with Crippen molar-refractivity contribution in [1.29, 1.82) is 0 Å². The summed E-state index contributed by atoms with van der Waals surface area (Å²) in [5.74, 6) is 0.679. The first-order valence-electron chi connectivity index (χ1n) is 6.27. The third-order valence-corrected chi connectivity index (χ3v) is 2.93. The van der Waals surface area contributed by atoms with E-state index in [2.05, 4.69) is 13.0 Å². The normalized spacial score (nSPS) is 10.3. The molecule has 3 heteroatoms. The molecule has 0 atom stereocenters. The Morgan fingerprint density at radius 3 is 2.58 bits per heavy atom. The highest BCUT2D eigenvalue weighted by Crippen LogP contribution is 2.20. The van der Waals surface area contributed by atoms with Crippen LogP contribution in [0.5, 0.6) is 11.5 Å². The van der Waals surface area contributed by atoms with Gasteiger partial charge >= 0.3 is 0 Å². The summed E-state index contributed by atoms with van der Waals surface area (Å²) >= 11 is 0. The van der Waals surface area contributed by atoms with Gasteiger partial charge < -0.3 is 9.47 Å². The predicted molar refractivity (Wildman–Crippen MR) is 73.1 cm³/mol. The van der Waals surface area contributed by atoms with Crippen molar-refractivity contribution < 1.29 is 13.9 Å². The van der Waals surface area contributed by atoms with Gasteiger partial charge in [0.05, 0.1) is 7.11 Å². The van der Waals surface area contributed by atoms with E-state index in [0.717, 1.165) is 17.7 Å². The largest absolute Gasteiger partial charge is 0.494 e. The van der Waals surface area contributed by atoms with Gasteiger partial charge in [0.1, 0.15) is 12.4 Å².